The molecular weight excluding hydrogens is 686 g/mol. The molecule has 4 amide bonds. The maximum atomic E-state index is 15.2. The Balaban J connectivity index is 1.43. The Hall–Kier alpha value is -3.71. The summed E-state index contributed by atoms with van der Waals surface area (Å²) >= 11 is 14.2. The molecule has 2 saturated carbocycles. The molecule has 3 aliphatic carbocycles. The average Bonchev–Trinajstić information content (AvgIpc) is 3.42. The summed E-state index contributed by atoms with van der Waals surface area (Å²) in [6.45, 7) is 0. The number of hydrogen-bond donors (Lipinski definition) is 1. The Bertz CT molecular complexity index is 1820. The number of methoxy groups -OCH3 is 1. The van der Waals surface area contributed by atoms with Crippen molar-refractivity contribution in [2.24, 2.45) is 17.8 Å². The summed E-state index contributed by atoms with van der Waals surface area (Å²) in [5.41, 5.74) is -1.74. The van der Waals surface area contributed by atoms with E-state index >= 15 is 8.78 Å². The number of fused-ring (bicyclic) bond motifs is 4. The van der Waals surface area contributed by atoms with Gasteiger partial charge in [0.1, 0.15) is 5.69 Å². The van der Waals surface area contributed by atoms with Crippen molar-refractivity contribution in [1.29, 1.82) is 0 Å². The minimum Gasteiger partial charge on any atom is -0.504 e. The fourth-order valence-electron chi connectivity index (χ4n) is 8.57. The van der Waals surface area contributed by atoms with Crippen LogP contribution in [0, 0.1) is 46.8 Å². The lowest BCUT2D eigenvalue weighted by Gasteiger charge is -2.50. The first-order chi connectivity index (χ1) is 22.7. The van der Waals surface area contributed by atoms with Crippen molar-refractivity contribution in [2.45, 2.75) is 66.7 Å². The van der Waals surface area contributed by atoms with E-state index in [9.17, 15) is 37.5 Å². The third kappa shape index (κ3) is 4.06. The number of nitrogens with zero attached hydrogens (tertiary/aromatic N) is 2. The van der Waals surface area contributed by atoms with Crippen molar-refractivity contribution >= 4 is 52.5 Å². The zero-order chi connectivity index (χ0) is 34.6. The number of phenols is 1. The van der Waals surface area contributed by atoms with Gasteiger partial charge in [-0.25, -0.2) is 26.9 Å². The highest BCUT2D eigenvalue weighted by Crippen LogP contribution is 2.67. The van der Waals surface area contributed by atoms with Gasteiger partial charge in [0.15, 0.2) is 44.5 Å². The van der Waals surface area contributed by atoms with Gasteiger partial charge in [0.2, 0.25) is 17.6 Å². The van der Waals surface area contributed by atoms with Crippen LogP contribution in [0.25, 0.3) is 0 Å². The summed E-state index contributed by atoms with van der Waals surface area (Å²) in [6.07, 6.45) is 4.85. The molecule has 2 heterocycles. The van der Waals surface area contributed by atoms with Crippen molar-refractivity contribution in [1.82, 2.24) is 4.90 Å². The lowest BCUT2D eigenvalue weighted by molar-refractivity contribution is -0.143. The van der Waals surface area contributed by atoms with Gasteiger partial charge >= 0.3 is 0 Å². The summed E-state index contributed by atoms with van der Waals surface area (Å²) in [5, 5.41) is 11.3. The molecule has 6 atom stereocenters. The normalized spacial score (nSPS) is 32.0. The van der Waals surface area contributed by atoms with E-state index < -0.39 is 104 Å². The van der Waals surface area contributed by atoms with Gasteiger partial charge < -0.3 is 9.84 Å². The minimum atomic E-state index is -2.74. The van der Waals surface area contributed by atoms with E-state index in [0.717, 1.165) is 19.3 Å². The molecule has 15 heteroatoms. The van der Waals surface area contributed by atoms with Crippen LogP contribution in [0.15, 0.2) is 29.8 Å². The van der Waals surface area contributed by atoms with Crippen LogP contribution in [0.1, 0.15) is 56.4 Å². The van der Waals surface area contributed by atoms with Crippen molar-refractivity contribution in [3.05, 3.63) is 64.5 Å². The molecule has 5 aliphatic rings. The summed E-state index contributed by atoms with van der Waals surface area (Å²) in [6, 6.07) is 3.82. The molecule has 1 N–H and O–H groups in total. The number of imide groups is 2. The van der Waals surface area contributed by atoms with Crippen molar-refractivity contribution in [2.75, 3.05) is 12.0 Å². The molecule has 2 saturated heterocycles. The van der Waals surface area contributed by atoms with Gasteiger partial charge in [0.05, 0.1) is 18.9 Å². The highest BCUT2D eigenvalue weighted by atomic mass is 35.5. The van der Waals surface area contributed by atoms with Gasteiger partial charge in [-0.05, 0) is 37.7 Å². The second kappa shape index (κ2) is 11.2. The molecule has 254 valence electrons. The molecular formula is C33H27Cl2F5N2O6. The van der Waals surface area contributed by atoms with Gasteiger partial charge in [0.25, 0.3) is 11.8 Å². The Labute approximate surface area is 280 Å². The number of aromatic hydroxyl groups is 1. The number of likely N-dealkylation sites (tertiary alicyclic amines) is 1. The van der Waals surface area contributed by atoms with E-state index in [-0.39, 0.29) is 34.2 Å². The topological polar surface area (TPSA) is 104 Å². The van der Waals surface area contributed by atoms with E-state index in [0.29, 0.717) is 12.8 Å². The molecule has 6 unspecified atom stereocenters. The van der Waals surface area contributed by atoms with Crippen molar-refractivity contribution in [3.8, 4) is 11.5 Å². The maximum Gasteiger partial charge on any atom is 0.258 e. The lowest BCUT2D eigenvalue weighted by Crippen LogP contribution is -2.60. The number of para-hydroxylation sites is 1. The second-order valence-corrected chi connectivity index (χ2v) is 14.2. The minimum absolute atomic E-state index is 0.0251. The average molecular weight is 713 g/mol. The number of rotatable bonds is 4. The number of ether oxygens (including phenoxy) is 1. The number of carbonyl (C=O) groups is 4. The number of halogens is 7. The van der Waals surface area contributed by atoms with Crippen LogP contribution in [0.3, 0.4) is 0 Å². The predicted molar refractivity (Wildman–Crippen MR) is 160 cm³/mol. The lowest BCUT2D eigenvalue weighted by atomic mass is 9.56. The number of allylic oxidation sites excluding steroid dienone is 2. The van der Waals surface area contributed by atoms with Gasteiger partial charge in [-0.2, -0.15) is 0 Å². The number of carbonyl (C=O) groups excluding carboxylic acids is 4. The smallest absolute Gasteiger partial charge is 0.258 e. The Morgan fingerprint density at radius 2 is 1.48 bits per heavy atom. The van der Waals surface area contributed by atoms with Crippen LogP contribution in [0.2, 0.25) is 0 Å². The number of amides is 4. The summed E-state index contributed by atoms with van der Waals surface area (Å²) < 4.78 is 78.4. The van der Waals surface area contributed by atoms with E-state index in [1.165, 1.54) is 30.2 Å². The molecule has 8 nitrogen and oxygen atoms in total. The van der Waals surface area contributed by atoms with E-state index in [4.69, 9.17) is 27.9 Å². The van der Waals surface area contributed by atoms with Gasteiger partial charge in [0, 0.05) is 17.5 Å². The van der Waals surface area contributed by atoms with E-state index in [1.807, 2.05) is 0 Å². The molecule has 2 aromatic carbocycles. The third-order valence-electron chi connectivity index (χ3n) is 10.8. The maximum absolute atomic E-state index is 15.2. The molecule has 2 aliphatic heterocycles. The molecule has 48 heavy (non-hydrogen) atoms. The fraction of sp³-hybridized carbons (Fsp3) is 0.455. The number of hydrogen-bond acceptors (Lipinski definition) is 6. The Kier molecular flexibility index (Phi) is 7.63. The fourth-order valence-corrected chi connectivity index (χ4v) is 9.50. The Morgan fingerprint density at radius 3 is 2.10 bits per heavy atom. The first kappa shape index (κ1) is 32.8. The third-order valence-corrected chi connectivity index (χ3v) is 12.2. The first-order valence-corrected chi connectivity index (χ1v) is 16.2. The SMILES string of the molecule is COc1cccc(C2C3=CCC4C(=O)N(C5CCCCC5)C(=O)C4C3CC3(Cl)C(=O)N(c4c(F)c(F)c(F)c(F)c4F)C(=O)C23Cl)c1O. The van der Waals surface area contributed by atoms with Crippen LogP contribution in [-0.4, -0.2) is 56.5 Å². The van der Waals surface area contributed by atoms with Crippen LogP contribution < -0.4 is 9.64 Å². The van der Waals surface area contributed by atoms with Crippen LogP contribution in [-0.2, 0) is 19.2 Å². The predicted octanol–water partition coefficient (Wildman–Crippen LogP) is 5.99. The van der Waals surface area contributed by atoms with Gasteiger partial charge in [-0.3, -0.25) is 24.1 Å². The van der Waals surface area contributed by atoms with E-state index in [2.05, 4.69) is 0 Å². The number of phenolic OH excluding ortho intramolecular Hbond substituents is 1. The van der Waals surface area contributed by atoms with Gasteiger partial charge in [-0.1, -0.05) is 43.0 Å². The summed E-state index contributed by atoms with van der Waals surface area (Å²) in [4.78, 5) is 52.2. The monoisotopic (exact) mass is 712 g/mol. The number of anilines is 1. The zero-order valence-corrected chi connectivity index (χ0v) is 26.7. The highest BCUT2D eigenvalue weighted by Gasteiger charge is 2.77. The largest absolute Gasteiger partial charge is 0.504 e. The second-order valence-electron chi connectivity index (χ2n) is 12.9. The molecule has 0 aromatic heterocycles. The zero-order valence-electron chi connectivity index (χ0n) is 25.2. The quantitative estimate of drug-likeness (QED) is 0.104. The first-order valence-electron chi connectivity index (χ1n) is 15.4. The molecule has 0 radical (unpaired) electrons. The molecule has 2 aromatic rings. The van der Waals surface area contributed by atoms with Crippen LogP contribution in [0.5, 0.6) is 11.5 Å². The van der Waals surface area contributed by atoms with Crippen molar-refractivity contribution < 1.29 is 51.0 Å². The van der Waals surface area contributed by atoms with E-state index in [1.54, 1.807) is 6.08 Å². The molecule has 4 fully saturated rings. The number of benzene rings is 2. The molecule has 0 spiro atoms. The highest BCUT2D eigenvalue weighted by molar-refractivity contribution is 6.58. The standard InChI is InChI=1S/C33H27Cl2F5N2O6/c1-48-18-9-5-8-16(27(18)43)20-14-10-11-15-19(29(45)41(28(15)44)13-6-3-2-4-7-13)17(14)12-32(34)30(46)42(31(47)33(20,32)35)26-24(39)22(37)21(36)23(38)25(26)40/h5,8-10,13,15,17,19-20,43H,2-4,6-7,11-12H2,1H3. The van der Waals surface area contributed by atoms with Crippen molar-refractivity contribution in [3.63, 3.8) is 0 Å². The van der Waals surface area contributed by atoms with Crippen LogP contribution >= 0.6 is 23.2 Å². The molecule has 0 bridgehead atoms. The summed E-state index contributed by atoms with van der Waals surface area (Å²) in [7, 11) is 1.24. The number of alkyl halides is 2. The van der Waals surface area contributed by atoms with Gasteiger partial charge in [-0.15, -0.1) is 23.2 Å². The molecule has 7 rings (SSSR count). The van der Waals surface area contributed by atoms with Crippen LogP contribution in [0.4, 0.5) is 27.6 Å². The summed E-state index contributed by atoms with van der Waals surface area (Å²) in [5.74, 6) is -21.6. The Morgan fingerprint density at radius 1 is 0.854 bits per heavy atom.